The Balaban J connectivity index is 1.66. The summed E-state index contributed by atoms with van der Waals surface area (Å²) in [6, 6.07) is 25.0. The molecule has 0 radical (unpaired) electrons. The molecule has 0 heterocycles. The third-order valence-corrected chi connectivity index (χ3v) is 7.11. The van der Waals surface area contributed by atoms with Crippen LogP contribution in [0.3, 0.4) is 0 Å². The van der Waals surface area contributed by atoms with Gasteiger partial charge in [0.25, 0.3) is 0 Å². The molecule has 0 aromatic heterocycles. The predicted octanol–water partition coefficient (Wildman–Crippen LogP) is 5.89. The molecule has 1 atom stereocenters. The second-order valence-corrected chi connectivity index (χ2v) is 9.88. The van der Waals surface area contributed by atoms with Crippen molar-refractivity contribution in [2.45, 2.75) is 64.1 Å². The van der Waals surface area contributed by atoms with E-state index < -0.39 is 6.04 Å². The van der Waals surface area contributed by atoms with E-state index in [-0.39, 0.29) is 24.3 Å². The number of carbonyl (C=O) groups excluding carboxylic acids is 2. The van der Waals surface area contributed by atoms with Crippen LogP contribution < -0.4 is 5.32 Å². The Morgan fingerprint density at radius 2 is 1.57 bits per heavy atom. The molecule has 0 unspecified atom stereocenters. The van der Waals surface area contributed by atoms with Crippen LogP contribution in [0.1, 0.15) is 47.9 Å². The van der Waals surface area contributed by atoms with E-state index in [0.29, 0.717) is 18.0 Å². The Kier molecular flexibility index (Phi) is 8.59. The van der Waals surface area contributed by atoms with E-state index in [1.807, 2.05) is 79.7 Å². The number of aryl methyl sites for hydroxylation is 1. The lowest BCUT2D eigenvalue weighted by Gasteiger charge is -2.32. The first-order valence-corrected chi connectivity index (χ1v) is 12.8. The number of halogens is 1. The lowest BCUT2D eigenvalue weighted by Crippen LogP contribution is -2.52. The van der Waals surface area contributed by atoms with Gasteiger partial charge in [0, 0.05) is 24.0 Å². The molecule has 3 aromatic carbocycles. The summed E-state index contributed by atoms with van der Waals surface area (Å²) >= 11 is 6.39. The molecule has 1 aliphatic carbocycles. The smallest absolute Gasteiger partial charge is 0.243 e. The van der Waals surface area contributed by atoms with Crippen LogP contribution in [0.15, 0.2) is 78.9 Å². The fraction of sp³-hybridized carbons (Fsp3) is 0.333. The summed E-state index contributed by atoms with van der Waals surface area (Å²) in [4.78, 5) is 29.2. The number of benzene rings is 3. The van der Waals surface area contributed by atoms with Gasteiger partial charge in [-0.25, -0.2) is 0 Å². The van der Waals surface area contributed by atoms with E-state index in [2.05, 4.69) is 5.32 Å². The van der Waals surface area contributed by atoms with Crippen molar-refractivity contribution in [2.24, 2.45) is 0 Å². The van der Waals surface area contributed by atoms with E-state index in [1.54, 1.807) is 11.0 Å². The van der Waals surface area contributed by atoms with E-state index >= 15 is 0 Å². The molecule has 0 aliphatic heterocycles. The topological polar surface area (TPSA) is 49.4 Å². The molecule has 1 saturated carbocycles. The Hall–Kier alpha value is -3.11. The first-order valence-electron chi connectivity index (χ1n) is 12.4. The summed E-state index contributed by atoms with van der Waals surface area (Å²) in [5.74, 6) is -0.193. The van der Waals surface area contributed by atoms with Crippen molar-refractivity contribution in [3.8, 4) is 0 Å². The molecule has 35 heavy (non-hydrogen) atoms. The number of amides is 2. The van der Waals surface area contributed by atoms with Gasteiger partial charge in [-0.1, -0.05) is 103 Å². The Labute approximate surface area is 213 Å². The van der Waals surface area contributed by atoms with E-state index in [1.165, 1.54) is 0 Å². The maximum absolute atomic E-state index is 13.8. The van der Waals surface area contributed by atoms with Crippen LogP contribution in [0.4, 0.5) is 0 Å². The molecule has 3 aromatic rings. The largest absolute Gasteiger partial charge is 0.352 e. The molecule has 0 spiro atoms. The fourth-order valence-electron chi connectivity index (χ4n) is 4.72. The number of carbonyl (C=O) groups is 2. The van der Waals surface area contributed by atoms with Crippen LogP contribution in [-0.4, -0.2) is 28.8 Å². The molecule has 4 nitrogen and oxygen atoms in total. The molecule has 1 aliphatic rings. The van der Waals surface area contributed by atoms with Crippen LogP contribution in [0.2, 0.25) is 5.02 Å². The van der Waals surface area contributed by atoms with Gasteiger partial charge >= 0.3 is 0 Å². The molecule has 1 N–H and O–H groups in total. The zero-order valence-electron chi connectivity index (χ0n) is 20.3. The van der Waals surface area contributed by atoms with Crippen LogP contribution in [0.5, 0.6) is 0 Å². The quantitative estimate of drug-likeness (QED) is 0.408. The van der Waals surface area contributed by atoms with E-state index in [0.717, 1.165) is 47.9 Å². The Morgan fingerprint density at radius 1 is 0.914 bits per heavy atom. The van der Waals surface area contributed by atoms with Gasteiger partial charge in [0.05, 0.1) is 6.42 Å². The van der Waals surface area contributed by atoms with Gasteiger partial charge in [-0.2, -0.15) is 0 Å². The van der Waals surface area contributed by atoms with Crippen molar-refractivity contribution >= 4 is 23.4 Å². The van der Waals surface area contributed by atoms with Crippen LogP contribution in [0.25, 0.3) is 0 Å². The maximum atomic E-state index is 13.8. The van der Waals surface area contributed by atoms with Crippen LogP contribution in [0, 0.1) is 6.92 Å². The van der Waals surface area contributed by atoms with Crippen molar-refractivity contribution < 1.29 is 9.59 Å². The van der Waals surface area contributed by atoms with Crippen molar-refractivity contribution in [3.05, 3.63) is 106 Å². The van der Waals surface area contributed by atoms with Gasteiger partial charge in [0.15, 0.2) is 0 Å². The number of hydrogen-bond donors (Lipinski definition) is 1. The van der Waals surface area contributed by atoms with Gasteiger partial charge in [-0.3, -0.25) is 9.59 Å². The van der Waals surface area contributed by atoms with Crippen molar-refractivity contribution in [3.63, 3.8) is 0 Å². The summed E-state index contributed by atoms with van der Waals surface area (Å²) in [6.07, 6.45) is 4.86. The highest BCUT2D eigenvalue weighted by atomic mass is 35.5. The maximum Gasteiger partial charge on any atom is 0.243 e. The molecule has 4 rings (SSSR count). The van der Waals surface area contributed by atoms with Crippen molar-refractivity contribution in [1.29, 1.82) is 0 Å². The first kappa shape index (κ1) is 25.0. The highest BCUT2D eigenvalue weighted by molar-refractivity contribution is 6.31. The number of nitrogens with one attached hydrogen (secondary N) is 1. The van der Waals surface area contributed by atoms with Gasteiger partial charge in [-0.15, -0.1) is 0 Å². The van der Waals surface area contributed by atoms with Gasteiger partial charge in [-0.05, 0) is 42.5 Å². The fourth-order valence-corrected chi connectivity index (χ4v) is 4.92. The average Bonchev–Trinajstić information content (AvgIpc) is 3.37. The number of rotatable bonds is 9. The third-order valence-electron chi connectivity index (χ3n) is 6.75. The first-order chi connectivity index (χ1) is 17.0. The lowest BCUT2D eigenvalue weighted by molar-refractivity contribution is -0.141. The minimum atomic E-state index is -0.616. The Bertz CT molecular complexity index is 1120. The summed E-state index contributed by atoms with van der Waals surface area (Å²) in [7, 11) is 0. The standard InChI is InChI=1S/C30H33ClN2O2/c1-22-15-17-24(18-16-22)21-33(29(34)20-25-11-5-8-14-27(25)31)28(19-23-9-3-2-4-10-23)30(35)32-26-12-6-7-13-26/h2-5,8-11,14-18,26,28H,6-7,12-13,19-21H2,1H3,(H,32,35)/t28-/m0/s1. The zero-order chi connectivity index (χ0) is 24.6. The SMILES string of the molecule is Cc1ccc(CN(C(=O)Cc2ccccc2Cl)[C@@H](Cc2ccccc2)C(=O)NC2CCCC2)cc1. The van der Waals surface area contributed by atoms with E-state index in [9.17, 15) is 9.59 Å². The van der Waals surface area contributed by atoms with Crippen molar-refractivity contribution in [2.75, 3.05) is 0 Å². The second kappa shape index (κ2) is 12.0. The molecule has 1 fully saturated rings. The predicted molar refractivity (Wildman–Crippen MR) is 141 cm³/mol. The average molecular weight is 489 g/mol. The van der Waals surface area contributed by atoms with Gasteiger partial charge in [0.2, 0.25) is 11.8 Å². The molecule has 0 saturated heterocycles. The van der Waals surface area contributed by atoms with Gasteiger partial charge < -0.3 is 10.2 Å². The normalized spacial score (nSPS) is 14.5. The molecule has 5 heteroatoms. The minimum Gasteiger partial charge on any atom is -0.352 e. The Morgan fingerprint density at radius 3 is 2.26 bits per heavy atom. The highest BCUT2D eigenvalue weighted by Gasteiger charge is 2.32. The van der Waals surface area contributed by atoms with Crippen molar-refractivity contribution in [1.82, 2.24) is 10.2 Å². The molecule has 0 bridgehead atoms. The highest BCUT2D eigenvalue weighted by Crippen LogP contribution is 2.22. The zero-order valence-corrected chi connectivity index (χ0v) is 21.0. The second-order valence-electron chi connectivity index (χ2n) is 9.47. The van der Waals surface area contributed by atoms with Crippen LogP contribution >= 0.6 is 11.6 Å². The number of hydrogen-bond acceptors (Lipinski definition) is 2. The lowest BCUT2D eigenvalue weighted by atomic mass is 10.0. The molecular weight excluding hydrogens is 456 g/mol. The number of nitrogens with zero attached hydrogens (tertiary/aromatic N) is 1. The molecular formula is C30H33ClN2O2. The molecule has 2 amide bonds. The minimum absolute atomic E-state index is 0.0830. The van der Waals surface area contributed by atoms with E-state index in [4.69, 9.17) is 11.6 Å². The summed E-state index contributed by atoms with van der Waals surface area (Å²) in [6.45, 7) is 2.40. The monoisotopic (exact) mass is 488 g/mol. The third kappa shape index (κ3) is 6.95. The summed E-state index contributed by atoms with van der Waals surface area (Å²) < 4.78 is 0. The van der Waals surface area contributed by atoms with Crippen LogP contribution in [-0.2, 0) is 29.0 Å². The van der Waals surface area contributed by atoms with Gasteiger partial charge in [0.1, 0.15) is 6.04 Å². The summed E-state index contributed by atoms with van der Waals surface area (Å²) in [5, 5.41) is 3.81. The summed E-state index contributed by atoms with van der Waals surface area (Å²) in [5.41, 5.74) is 3.94. The molecule has 182 valence electrons.